The molecule has 0 aliphatic carbocycles. The minimum Gasteiger partial charge on any atom is -0.444 e. The number of piperazine rings is 1. The van der Waals surface area contributed by atoms with E-state index in [1.807, 2.05) is 27.0 Å². The van der Waals surface area contributed by atoms with Crippen LogP contribution in [0.15, 0.2) is 11.4 Å². The highest BCUT2D eigenvalue weighted by Gasteiger charge is 2.33. The van der Waals surface area contributed by atoms with E-state index in [9.17, 15) is 4.79 Å². The molecule has 1 saturated heterocycles. The van der Waals surface area contributed by atoms with Crippen molar-refractivity contribution in [2.45, 2.75) is 50.9 Å². The molecule has 1 atom stereocenters. The average molecular weight is 413 g/mol. The summed E-state index contributed by atoms with van der Waals surface area (Å²) in [6, 6.07) is 0.0991. The molecule has 2 aromatic heterocycles. The van der Waals surface area contributed by atoms with Crippen LogP contribution in [0.25, 0.3) is 5.65 Å². The van der Waals surface area contributed by atoms with Gasteiger partial charge in [-0.15, -0.1) is 0 Å². The molecule has 0 N–H and O–H groups in total. The van der Waals surface area contributed by atoms with Crippen LogP contribution in [0.2, 0.25) is 5.02 Å². The average Bonchev–Trinajstić information content (AvgIpc) is 3.00. The van der Waals surface area contributed by atoms with Gasteiger partial charge in [-0.05, 0) is 33.4 Å². The summed E-state index contributed by atoms with van der Waals surface area (Å²) >= 11 is 7.70. The van der Waals surface area contributed by atoms with Gasteiger partial charge in [0.25, 0.3) is 0 Å². The molecule has 27 heavy (non-hydrogen) atoms. The molecule has 148 valence electrons. The van der Waals surface area contributed by atoms with Gasteiger partial charge in [-0.1, -0.05) is 30.3 Å². The Morgan fingerprint density at radius 2 is 2.11 bits per heavy atom. The number of hydrogen-bond acceptors (Lipinski definition) is 7. The molecule has 0 bridgehead atoms. The number of rotatable bonds is 3. The Labute approximate surface area is 168 Å². The van der Waals surface area contributed by atoms with E-state index < -0.39 is 5.60 Å². The zero-order valence-electron chi connectivity index (χ0n) is 16.3. The Balaban J connectivity index is 1.88. The molecule has 2 aromatic rings. The van der Waals surface area contributed by atoms with Gasteiger partial charge in [0.05, 0.1) is 6.20 Å². The number of halogens is 1. The third-order valence-corrected chi connectivity index (χ3v) is 5.15. The summed E-state index contributed by atoms with van der Waals surface area (Å²) in [6.45, 7) is 9.49. The molecule has 0 radical (unpaired) electrons. The third-order valence-electron chi connectivity index (χ3n) is 4.33. The molecule has 0 spiro atoms. The highest BCUT2D eigenvalue weighted by molar-refractivity contribution is 7.98. The zero-order chi connectivity index (χ0) is 19.8. The number of nitrogens with zero attached hydrogens (tertiary/aromatic N) is 6. The summed E-state index contributed by atoms with van der Waals surface area (Å²) in [5.41, 5.74) is 0.0869. The van der Waals surface area contributed by atoms with Gasteiger partial charge in [0.1, 0.15) is 10.6 Å². The Hall–Kier alpha value is -1.74. The van der Waals surface area contributed by atoms with E-state index in [2.05, 4.69) is 26.9 Å². The minimum atomic E-state index is -0.506. The SMILES string of the molecule is CC[C@H]1CN(C(=O)OC(C)(C)C)CCN1c1nc(SC)nc2c(Cl)cnn12. The number of anilines is 1. The molecule has 3 rings (SSSR count). The smallest absolute Gasteiger partial charge is 0.410 e. The van der Waals surface area contributed by atoms with Gasteiger partial charge in [-0.3, -0.25) is 0 Å². The quantitative estimate of drug-likeness (QED) is 0.715. The van der Waals surface area contributed by atoms with Gasteiger partial charge in [0, 0.05) is 25.7 Å². The van der Waals surface area contributed by atoms with E-state index in [0.717, 1.165) is 6.42 Å². The van der Waals surface area contributed by atoms with Crippen LogP contribution in [-0.4, -0.2) is 68.1 Å². The van der Waals surface area contributed by atoms with Crippen LogP contribution < -0.4 is 4.90 Å². The van der Waals surface area contributed by atoms with E-state index in [1.165, 1.54) is 11.8 Å². The lowest BCUT2D eigenvalue weighted by Crippen LogP contribution is -2.56. The highest BCUT2D eigenvalue weighted by atomic mass is 35.5. The number of carbonyl (C=O) groups excluding carboxylic acids is 1. The number of thioether (sulfide) groups is 1. The Morgan fingerprint density at radius 3 is 2.74 bits per heavy atom. The van der Waals surface area contributed by atoms with E-state index in [0.29, 0.717) is 41.4 Å². The lowest BCUT2D eigenvalue weighted by Gasteiger charge is -2.41. The van der Waals surface area contributed by atoms with Crippen LogP contribution in [0.3, 0.4) is 0 Å². The van der Waals surface area contributed by atoms with Gasteiger partial charge in [0.15, 0.2) is 10.8 Å². The summed E-state index contributed by atoms with van der Waals surface area (Å²) in [5.74, 6) is 0.701. The van der Waals surface area contributed by atoms with Crippen molar-refractivity contribution in [2.24, 2.45) is 0 Å². The van der Waals surface area contributed by atoms with Crippen LogP contribution >= 0.6 is 23.4 Å². The summed E-state index contributed by atoms with van der Waals surface area (Å²) in [6.07, 6.45) is 4.09. The lowest BCUT2D eigenvalue weighted by atomic mass is 10.1. The van der Waals surface area contributed by atoms with E-state index in [4.69, 9.17) is 16.3 Å². The molecule has 0 aromatic carbocycles. The van der Waals surface area contributed by atoms with E-state index >= 15 is 0 Å². The second kappa shape index (κ2) is 7.71. The lowest BCUT2D eigenvalue weighted by molar-refractivity contribution is 0.0212. The number of aromatic nitrogens is 4. The second-order valence-corrected chi connectivity index (χ2v) is 8.60. The molecule has 1 aliphatic rings. The van der Waals surface area contributed by atoms with Crippen LogP contribution in [-0.2, 0) is 4.74 Å². The van der Waals surface area contributed by atoms with Crippen molar-refractivity contribution in [1.82, 2.24) is 24.5 Å². The molecule has 0 saturated carbocycles. The standard InChI is InChI=1S/C17H25ClN6O2S/c1-6-11-10-22(16(25)26-17(2,3)4)7-8-23(11)15-21-14(27-5)20-13-12(18)9-19-24(13)15/h9,11H,6-8,10H2,1-5H3/t11-/m0/s1. The first-order valence-corrected chi connectivity index (χ1v) is 10.5. The zero-order valence-corrected chi connectivity index (χ0v) is 17.8. The third kappa shape index (κ3) is 4.24. The van der Waals surface area contributed by atoms with Crippen LogP contribution in [0.4, 0.5) is 10.7 Å². The summed E-state index contributed by atoms with van der Waals surface area (Å²) in [5, 5.41) is 5.48. The molecule has 1 amide bonds. The monoisotopic (exact) mass is 412 g/mol. The molecular weight excluding hydrogens is 388 g/mol. The van der Waals surface area contributed by atoms with Crippen molar-refractivity contribution in [3.05, 3.63) is 11.2 Å². The highest BCUT2D eigenvalue weighted by Crippen LogP contribution is 2.26. The number of ether oxygens (including phenoxy) is 1. The maximum atomic E-state index is 12.5. The predicted octanol–water partition coefficient (Wildman–Crippen LogP) is 3.34. The van der Waals surface area contributed by atoms with Gasteiger partial charge < -0.3 is 14.5 Å². The number of fused-ring (bicyclic) bond motifs is 1. The van der Waals surface area contributed by atoms with Crippen molar-refractivity contribution in [3.8, 4) is 0 Å². The van der Waals surface area contributed by atoms with Crippen LogP contribution in [0.1, 0.15) is 34.1 Å². The fourth-order valence-electron chi connectivity index (χ4n) is 3.06. The van der Waals surface area contributed by atoms with Crippen LogP contribution in [0, 0.1) is 0 Å². The predicted molar refractivity (Wildman–Crippen MR) is 107 cm³/mol. The molecule has 0 unspecified atom stereocenters. The second-order valence-electron chi connectivity index (χ2n) is 7.42. The molecule has 3 heterocycles. The maximum Gasteiger partial charge on any atom is 0.410 e. The summed E-state index contributed by atoms with van der Waals surface area (Å²) < 4.78 is 7.20. The number of amides is 1. The number of carbonyl (C=O) groups is 1. The Morgan fingerprint density at radius 1 is 1.37 bits per heavy atom. The van der Waals surface area contributed by atoms with Crippen molar-refractivity contribution < 1.29 is 9.53 Å². The van der Waals surface area contributed by atoms with Gasteiger partial charge in [-0.25, -0.2) is 9.78 Å². The van der Waals surface area contributed by atoms with Crippen molar-refractivity contribution in [2.75, 3.05) is 30.8 Å². The minimum absolute atomic E-state index is 0.0991. The summed E-state index contributed by atoms with van der Waals surface area (Å²) in [4.78, 5) is 25.5. The first-order chi connectivity index (χ1) is 12.7. The van der Waals surface area contributed by atoms with Crippen LogP contribution in [0.5, 0.6) is 0 Å². The van der Waals surface area contributed by atoms with Crippen molar-refractivity contribution in [3.63, 3.8) is 0 Å². The van der Waals surface area contributed by atoms with Gasteiger partial charge in [0.2, 0.25) is 5.95 Å². The fourth-order valence-corrected chi connectivity index (χ4v) is 3.57. The van der Waals surface area contributed by atoms with Crippen molar-refractivity contribution in [1.29, 1.82) is 0 Å². The first-order valence-electron chi connectivity index (χ1n) is 8.93. The molecule has 10 heteroatoms. The molecule has 8 nitrogen and oxygen atoms in total. The van der Waals surface area contributed by atoms with Gasteiger partial charge in [-0.2, -0.15) is 14.6 Å². The summed E-state index contributed by atoms with van der Waals surface area (Å²) in [7, 11) is 0. The van der Waals surface area contributed by atoms with Gasteiger partial charge >= 0.3 is 6.09 Å². The van der Waals surface area contributed by atoms with Crippen molar-refractivity contribution >= 4 is 41.1 Å². The largest absolute Gasteiger partial charge is 0.444 e. The maximum absolute atomic E-state index is 12.5. The van der Waals surface area contributed by atoms with E-state index in [1.54, 1.807) is 15.6 Å². The molecular formula is C17H25ClN6O2S. The Bertz CT molecular complexity index is 837. The molecule has 1 aliphatic heterocycles. The first kappa shape index (κ1) is 20.0. The Kier molecular flexibility index (Phi) is 5.71. The fraction of sp³-hybridized carbons (Fsp3) is 0.647. The topological polar surface area (TPSA) is 75.9 Å². The number of hydrogen-bond donors (Lipinski definition) is 0. The van der Waals surface area contributed by atoms with E-state index in [-0.39, 0.29) is 12.1 Å². The normalized spacial score (nSPS) is 18.2. The molecule has 1 fully saturated rings.